The van der Waals surface area contributed by atoms with Crippen molar-refractivity contribution in [2.24, 2.45) is 5.92 Å². The van der Waals surface area contributed by atoms with Gasteiger partial charge in [-0.1, -0.05) is 29.8 Å². The van der Waals surface area contributed by atoms with Crippen LogP contribution in [0.4, 0.5) is 0 Å². The highest BCUT2D eigenvalue weighted by Gasteiger charge is 2.32. The number of amides is 1. The Labute approximate surface area is 121 Å². The molecule has 0 heterocycles. The molecule has 1 aromatic carbocycles. The van der Waals surface area contributed by atoms with Crippen LogP contribution in [0.15, 0.2) is 24.3 Å². The lowest BCUT2D eigenvalue weighted by Crippen LogP contribution is -2.36. The zero-order chi connectivity index (χ0) is 14.7. The van der Waals surface area contributed by atoms with E-state index >= 15 is 0 Å². The number of benzene rings is 1. The summed E-state index contributed by atoms with van der Waals surface area (Å²) in [5.74, 6) is 0.785. The monoisotopic (exact) mass is 273 g/mol. The van der Waals surface area contributed by atoms with Gasteiger partial charge in [0.1, 0.15) is 0 Å². The van der Waals surface area contributed by atoms with Crippen LogP contribution < -0.4 is 0 Å². The Morgan fingerprint density at radius 1 is 1.20 bits per heavy atom. The fourth-order valence-corrected chi connectivity index (χ4v) is 2.40. The molecule has 0 radical (unpaired) electrons. The Morgan fingerprint density at radius 3 is 2.35 bits per heavy atom. The molecular formula is C17H23NO2. The third-order valence-corrected chi connectivity index (χ3v) is 4.25. The quantitative estimate of drug-likeness (QED) is 0.746. The van der Waals surface area contributed by atoms with Gasteiger partial charge in [-0.25, -0.2) is 0 Å². The molecule has 1 aliphatic carbocycles. The molecule has 108 valence electrons. The molecule has 1 atom stereocenters. The van der Waals surface area contributed by atoms with Gasteiger partial charge in [0.25, 0.3) is 0 Å². The second-order valence-electron chi connectivity index (χ2n) is 5.87. The van der Waals surface area contributed by atoms with Crippen LogP contribution in [-0.4, -0.2) is 29.7 Å². The highest BCUT2D eigenvalue weighted by molar-refractivity contribution is 5.97. The first-order valence-electron chi connectivity index (χ1n) is 7.34. The van der Waals surface area contributed by atoms with E-state index in [2.05, 4.69) is 6.92 Å². The zero-order valence-corrected chi connectivity index (χ0v) is 12.6. The van der Waals surface area contributed by atoms with E-state index in [1.165, 1.54) is 12.8 Å². The predicted molar refractivity (Wildman–Crippen MR) is 79.7 cm³/mol. The van der Waals surface area contributed by atoms with Crippen molar-refractivity contribution < 1.29 is 9.59 Å². The smallest absolute Gasteiger partial charge is 0.223 e. The van der Waals surface area contributed by atoms with Crippen LogP contribution in [0.3, 0.4) is 0 Å². The summed E-state index contributed by atoms with van der Waals surface area (Å²) < 4.78 is 0. The van der Waals surface area contributed by atoms with E-state index in [1.54, 1.807) is 4.90 Å². The van der Waals surface area contributed by atoms with E-state index in [4.69, 9.17) is 0 Å². The van der Waals surface area contributed by atoms with Crippen molar-refractivity contribution in [1.29, 1.82) is 0 Å². The first-order valence-corrected chi connectivity index (χ1v) is 7.34. The number of rotatable bonds is 6. The van der Waals surface area contributed by atoms with Crippen LogP contribution in [0.25, 0.3) is 0 Å². The van der Waals surface area contributed by atoms with Gasteiger partial charge in [0.05, 0.1) is 0 Å². The van der Waals surface area contributed by atoms with E-state index < -0.39 is 0 Å². The van der Waals surface area contributed by atoms with Crippen molar-refractivity contribution in [2.45, 2.75) is 45.6 Å². The summed E-state index contributed by atoms with van der Waals surface area (Å²) in [6.07, 6.45) is 3.05. The molecule has 1 aliphatic rings. The average Bonchev–Trinajstić information content (AvgIpc) is 3.28. The van der Waals surface area contributed by atoms with Crippen LogP contribution in [0.2, 0.25) is 0 Å². The normalized spacial score (nSPS) is 15.8. The maximum Gasteiger partial charge on any atom is 0.223 e. The fourth-order valence-electron chi connectivity index (χ4n) is 2.40. The number of Topliss-reactive ketones (excluding diaryl/α,β-unsaturated/α-hetero) is 1. The average molecular weight is 273 g/mol. The molecule has 0 bridgehead atoms. The minimum atomic E-state index is 0.0471. The number of ketones is 1. The Balaban J connectivity index is 1.83. The van der Waals surface area contributed by atoms with E-state index in [0.717, 1.165) is 5.56 Å². The molecule has 0 saturated heterocycles. The maximum absolute atomic E-state index is 12.1. The molecule has 3 heteroatoms. The fraction of sp³-hybridized carbons (Fsp3) is 0.529. The minimum Gasteiger partial charge on any atom is -0.343 e. The van der Waals surface area contributed by atoms with Gasteiger partial charge in [0.15, 0.2) is 5.78 Å². The number of carbonyl (C=O) groups is 2. The Bertz CT molecular complexity index is 488. The summed E-state index contributed by atoms with van der Waals surface area (Å²) in [5, 5.41) is 0. The predicted octanol–water partition coefficient (Wildman–Crippen LogP) is 3.21. The zero-order valence-electron chi connectivity index (χ0n) is 12.6. The van der Waals surface area contributed by atoms with E-state index in [0.29, 0.717) is 30.4 Å². The molecule has 0 N–H and O–H groups in total. The molecule has 1 fully saturated rings. The van der Waals surface area contributed by atoms with Gasteiger partial charge >= 0.3 is 0 Å². The van der Waals surface area contributed by atoms with Crippen LogP contribution >= 0.6 is 0 Å². The number of hydrogen-bond donors (Lipinski definition) is 0. The summed E-state index contributed by atoms with van der Waals surface area (Å²) in [4.78, 5) is 25.9. The summed E-state index contributed by atoms with van der Waals surface area (Å²) in [6, 6.07) is 7.82. The largest absolute Gasteiger partial charge is 0.343 e. The summed E-state index contributed by atoms with van der Waals surface area (Å²) >= 11 is 0. The van der Waals surface area contributed by atoms with Crippen molar-refractivity contribution >= 4 is 11.7 Å². The molecule has 20 heavy (non-hydrogen) atoms. The summed E-state index contributed by atoms with van der Waals surface area (Å²) in [6.45, 7) is 4.09. The van der Waals surface area contributed by atoms with Crippen molar-refractivity contribution in [1.82, 2.24) is 4.90 Å². The molecule has 1 aromatic rings. The number of aryl methyl sites for hydroxylation is 1. The van der Waals surface area contributed by atoms with Crippen molar-refractivity contribution in [3.8, 4) is 0 Å². The SMILES string of the molecule is Cc1ccc(C(=O)CCC(=O)N(C)C(C)C2CC2)cc1. The topological polar surface area (TPSA) is 37.4 Å². The van der Waals surface area contributed by atoms with Gasteiger partial charge < -0.3 is 4.90 Å². The second kappa shape index (κ2) is 6.21. The van der Waals surface area contributed by atoms with Crippen LogP contribution in [0, 0.1) is 12.8 Å². The van der Waals surface area contributed by atoms with Crippen LogP contribution in [0.5, 0.6) is 0 Å². The van der Waals surface area contributed by atoms with Gasteiger partial charge in [-0.05, 0) is 32.6 Å². The molecule has 1 amide bonds. The lowest BCUT2D eigenvalue weighted by atomic mass is 10.0. The van der Waals surface area contributed by atoms with Crippen molar-refractivity contribution in [2.75, 3.05) is 7.05 Å². The first kappa shape index (κ1) is 14.8. The van der Waals surface area contributed by atoms with Crippen molar-refractivity contribution in [3.63, 3.8) is 0 Å². The third kappa shape index (κ3) is 3.69. The van der Waals surface area contributed by atoms with Gasteiger partial charge in [0, 0.05) is 31.5 Å². The Hall–Kier alpha value is -1.64. The minimum absolute atomic E-state index is 0.0471. The summed E-state index contributed by atoms with van der Waals surface area (Å²) in [7, 11) is 1.85. The Kier molecular flexibility index (Phi) is 4.58. The number of nitrogens with zero attached hydrogens (tertiary/aromatic N) is 1. The molecule has 2 rings (SSSR count). The van der Waals surface area contributed by atoms with Crippen molar-refractivity contribution in [3.05, 3.63) is 35.4 Å². The lowest BCUT2D eigenvalue weighted by molar-refractivity contribution is -0.132. The second-order valence-corrected chi connectivity index (χ2v) is 5.87. The van der Waals surface area contributed by atoms with Crippen LogP contribution in [-0.2, 0) is 4.79 Å². The lowest BCUT2D eigenvalue weighted by Gasteiger charge is -2.24. The molecule has 0 aliphatic heterocycles. The molecule has 0 aromatic heterocycles. The standard InChI is InChI=1S/C17H23NO2/c1-12-4-6-15(7-5-12)16(19)10-11-17(20)18(3)13(2)14-8-9-14/h4-7,13-14H,8-11H2,1-3H3. The number of carbonyl (C=O) groups excluding carboxylic acids is 2. The highest BCUT2D eigenvalue weighted by Crippen LogP contribution is 2.34. The molecule has 1 saturated carbocycles. The van der Waals surface area contributed by atoms with Gasteiger partial charge in [0.2, 0.25) is 5.91 Å². The van der Waals surface area contributed by atoms with Gasteiger partial charge in [-0.3, -0.25) is 9.59 Å². The molecule has 0 spiro atoms. The first-order chi connectivity index (χ1) is 9.49. The number of hydrogen-bond acceptors (Lipinski definition) is 2. The Morgan fingerprint density at radius 2 is 1.80 bits per heavy atom. The summed E-state index contributed by atoms with van der Waals surface area (Å²) in [5.41, 5.74) is 1.83. The van der Waals surface area contributed by atoms with Crippen LogP contribution in [0.1, 0.15) is 48.5 Å². The van der Waals surface area contributed by atoms with E-state index in [1.807, 2.05) is 38.2 Å². The van der Waals surface area contributed by atoms with E-state index in [9.17, 15) is 9.59 Å². The molecule has 1 unspecified atom stereocenters. The van der Waals surface area contributed by atoms with E-state index in [-0.39, 0.29) is 11.7 Å². The highest BCUT2D eigenvalue weighted by atomic mass is 16.2. The van der Waals surface area contributed by atoms with Gasteiger partial charge in [-0.15, -0.1) is 0 Å². The molecular weight excluding hydrogens is 250 g/mol. The molecule has 3 nitrogen and oxygen atoms in total. The maximum atomic E-state index is 12.1. The third-order valence-electron chi connectivity index (χ3n) is 4.25. The van der Waals surface area contributed by atoms with Gasteiger partial charge in [-0.2, -0.15) is 0 Å².